The summed E-state index contributed by atoms with van der Waals surface area (Å²) in [4.78, 5) is 12.4. The Bertz CT molecular complexity index is 911. The number of fused-ring (bicyclic) bond motifs is 1. The SMILES string of the molecule is Cc1cc(=O)n(C2c3cc(C#N)ccc3OC(C)(C)C2O)nc1O. The molecule has 24 heavy (non-hydrogen) atoms. The van der Waals surface area contributed by atoms with Crippen LogP contribution in [0.25, 0.3) is 0 Å². The second-order valence-corrected chi connectivity index (χ2v) is 6.39. The Hall–Kier alpha value is -2.85. The van der Waals surface area contributed by atoms with E-state index in [2.05, 4.69) is 5.10 Å². The van der Waals surface area contributed by atoms with Crippen LogP contribution in [0, 0.1) is 18.3 Å². The first-order chi connectivity index (χ1) is 11.2. The van der Waals surface area contributed by atoms with Gasteiger partial charge in [0.2, 0.25) is 5.88 Å². The minimum atomic E-state index is -1.11. The summed E-state index contributed by atoms with van der Waals surface area (Å²) in [6.45, 7) is 4.97. The normalized spacial score (nSPS) is 21.5. The first-order valence-corrected chi connectivity index (χ1v) is 7.45. The van der Waals surface area contributed by atoms with Crippen LogP contribution in [-0.2, 0) is 0 Å². The average molecular weight is 327 g/mol. The first-order valence-electron chi connectivity index (χ1n) is 7.45. The molecule has 0 bridgehead atoms. The van der Waals surface area contributed by atoms with Crippen LogP contribution in [-0.4, -0.2) is 31.7 Å². The van der Waals surface area contributed by atoms with Gasteiger partial charge in [-0.25, -0.2) is 4.68 Å². The number of aryl methyl sites for hydroxylation is 1. The number of rotatable bonds is 1. The smallest absolute Gasteiger partial charge is 0.267 e. The van der Waals surface area contributed by atoms with Gasteiger partial charge >= 0.3 is 0 Å². The molecule has 3 rings (SSSR count). The molecule has 7 heteroatoms. The van der Waals surface area contributed by atoms with Crippen LogP contribution in [0.15, 0.2) is 29.1 Å². The highest BCUT2D eigenvalue weighted by Crippen LogP contribution is 2.41. The van der Waals surface area contributed by atoms with E-state index in [1.165, 1.54) is 6.07 Å². The third-order valence-corrected chi connectivity index (χ3v) is 4.23. The van der Waals surface area contributed by atoms with Gasteiger partial charge in [-0.05, 0) is 39.0 Å². The highest BCUT2D eigenvalue weighted by atomic mass is 16.5. The summed E-state index contributed by atoms with van der Waals surface area (Å²) in [7, 11) is 0. The number of hydrogen-bond donors (Lipinski definition) is 2. The zero-order chi connectivity index (χ0) is 17.6. The molecule has 1 aliphatic heterocycles. The fourth-order valence-corrected chi connectivity index (χ4v) is 2.85. The quantitative estimate of drug-likeness (QED) is 0.816. The van der Waals surface area contributed by atoms with E-state index < -0.39 is 23.3 Å². The van der Waals surface area contributed by atoms with Crippen molar-refractivity contribution in [2.45, 2.75) is 38.5 Å². The largest absolute Gasteiger partial charge is 0.492 e. The molecule has 2 unspecified atom stereocenters. The molecule has 0 saturated heterocycles. The lowest BCUT2D eigenvalue weighted by Crippen LogP contribution is -2.52. The van der Waals surface area contributed by atoms with Gasteiger partial charge in [-0.1, -0.05) is 0 Å². The van der Waals surface area contributed by atoms with E-state index >= 15 is 0 Å². The van der Waals surface area contributed by atoms with Crippen molar-refractivity contribution >= 4 is 0 Å². The van der Waals surface area contributed by atoms with E-state index in [9.17, 15) is 15.0 Å². The maximum absolute atomic E-state index is 12.4. The lowest BCUT2D eigenvalue weighted by atomic mass is 9.86. The summed E-state index contributed by atoms with van der Waals surface area (Å²) in [5.41, 5.74) is -0.242. The molecule has 124 valence electrons. The molecule has 2 heterocycles. The summed E-state index contributed by atoms with van der Waals surface area (Å²) in [5.74, 6) is 0.173. The third-order valence-electron chi connectivity index (χ3n) is 4.23. The Balaban J connectivity index is 2.29. The molecule has 0 aliphatic carbocycles. The fraction of sp³-hybridized carbons (Fsp3) is 0.353. The lowest BCUT2D eigenvalue weighted by Gasteiger charge is -2.42. The summed E-state index contributed by atoms with van der Waals surface area (Å²) < 4.78 is 6.85. The van der Waals surface area contributed by atoms with Gasteiger partial charge in [-0.3, -0.25) is 4.79 Å². The number of ether oxygens (including phenoxy) is 1. The van der Waals surface area contributed by atoms with Crippen LogP contribution in [0.3, 0.4) is 0 Å². The van der Waals surface area contributed by atoms with Gasteiger partial charge < -0.3 is 14.9 Å². The third kappa shape index (κ3) is 2.41. The molecule has 2 atom stereocenters. The monoisotopic (exact) mass is 327 g/mol. The van der Waals surface area contributed by atoms with E-state index in [-0.39, 0.29) is 5.88 Å². The molecule has 0 radical (unpaired) electrons. The summed E-state index contributed by atoms with van der Waals surface area (Å²) in [5, 5.41) is 33.7. The van der Waals surface area contributed by atoms with Crippen LogP contribution < -0.4 is 10.3 Å². The van der Waals surface area contributed by atoms with Crippen LogP contribution in [0.4, 0.5) is 0 Å². The van der Waals surface area contributed by atoms with Crippen molar-refractivity contribution in [3.05, 3.63) is 51.3 Å². The Labute approximate surface area is 138 Å². The van der Waals surface area contributed by atoms with Crippen LogP contribution in [0.5, 0.6) is 11.6 Å². The fourth-order valence-electron chi connectivity index (χ4n) is 2.85. The van der Waals surface area contributed by atoms with E-state index in [0.717, 1.165) is 4.68 Å². The maximum Gasteiger partial charge on any atom is 0.267 e. The maximum atomic E-state index is 12.4. The zero-order valence-electron chi connectivity index (χ0n) is 13.5. The van der Waals surface area contributed by atoms with Gasteiger partial charge in [0.05, 0.1) is 11.6 Å². The van der Waals surface area contributed by atoms with Gasteiger partial charge in [-0.2, -0.15) is 5.26 Å². The van der Waals surface area contributed by atoms with Gasteiger partial charge in [0.25, 0.3) is 5.56 Å². The summed E-state index contributed by atoms with van der Waals surface area (Å²) in [6.07, 6.45) is -1.11. The van der Waals surface area contributed by atoms with Crippen LogP contribution in [0.1, 0.15) is 36.6 Å². The van der Waals surface area contributed by atoms with E-state index in [1.807, 2.05) is 6.07 Å². The standard InChI is InChI=1S/C17H17N3O4/c1-9-6-13(21)20(19-16(9)23)14-11-7-10(8-18)4-5-12(11)24-17(2,3)15(14)22/h4-7,14-15,22H,1-3H3,(H,19,23). The molecule has 2 N–H and O–H groups in total. The number of aliphatic hydroxyl groups is 1. The number of aromatic hydroxyl groups is 1. The van der Waals surface area contributed by atoms with Gasteiger partial charge in [0.15, 0.2) is 0 Å². The van der Waals surface area contributed by atoms with E-state index in [1.54, 1.807) is 39.0 Å². The molecular formula is C17H17N3O4. The van der Waals surface area contributed by atoms with Crippen molar-refractivity contribution in [1.82, 2.24) is 9.78 Å². The Morgan fingerprint density at radius 3 is 2.75 bits per heavy atom. The van der Waals surface area contributed by atoms with Gasteiger partial charge in [0, 0.05) is 17.2 Å². The van der Waals surface area contributed by atoms with Crippen molar-refractivity contribution in [2.24, 2.45) is 0 Å². The molecule has 0 saturated carbocycles. The second kappa shape index (κ2) is 5.35. The molecule has 0 amide bonds. The molecule has 7 nitrogen and oxygen atoms in total. The predicted octanol–water partition coefficient (Wildman–Crippen LogP) is 1.25. The Morgan fingerprint density at radius 1 is 1.38 bits per heavy atom. The van der Waals surface area contributed by atoms with Crippen LogP contribution in [0.2, 0.25) is 0 Å². The van der Waals surface area contributed by atoms with E-state index in [0.29, 0.717) is 22.4 Å². The average Bonchev–Trinajstić information content (AvgIpc) is 2.52. The van der Waals surface area contributed by atoms with Crippen molar-refractivity contribution in [1.29, 1.82) is 5.26 Å². The minimum absolute atomic E-state index is 0.288. The molecule has 1 aromatic heterocycles. The molecule has 1 aliphatic rings. The van der Waals surface area contributed by atoms with Crippen molar-refractivity contribution in [3.63, 3.8) is 0 Å². The number of nitrogens with zero attached hydrogens (tertiary/aromatic N) is 3. The highest BCUT2D eigenvalue weighted by Gasteiger charge is 2.45. The predicted molar refractivity (Wildman–Crippen MR) is 84.9 cm³/mol. The van der Waals surface area contributed by atoms with Crippen LogP contribution >= 0.6 is 0 Å². The van der Waals surface area contributed by atoms with Gasteiger partial charge in [-0.15, -0.1) is 5.10 Å². The minimum Gasteiger partial charge on any atom is -0.492 e. The summed E-state index contributed by atoms with van der Waals surface area (Å²) in [6, 6.07) is 7.20. The second-order valence-electron chi connectivity index (χ2n) is 6.39. The molecule has 1 aromatic carbocycles. The Morgan fingerprint density at radius 2 is 2.08 bits per heavy atom. The Kier molecular flexibility index (Phi) is 3.57. The number of nitriles is 1. The van der Waals surface area contributed by atoms with Crippen molar-refractivity contribution in [3.8, 4) is 17.7 Å². The molecular weight excluding hydrogens is 310 g/mol. The van der Waals surface area contributed by atoms with Gasteiger partial charge in [0.1, 0.15) is 23.5 Å². The number of benzene rings is 1. The number of aromatic nitrogens is 2. The molecule has 0 fully saturated rings. The lowest BCUT2D eigenvalue weighted by molar-refractivity contribution is -0.0669. The van der Waals surface area contributed by atoms with Crippen molar-refractivity contribution in [2.75, 3.05) is 0 Å². The topological polar surface area (TPSA) is 108 Å². The number of aliphatic hydroxyl groups excluding tert-OH is 1. The molecule has 0 spiro atoms. The zero-order valence-corrected chi connectivity index (χ0v) is 13.5. The highest BCUT2D eigenvalue weighted by molar-refractivity contribution is 5.46. The van der Waals surface area contributed by atoms with E-state index in [4.69, 9.17) is 10.00 Å². The first kappa shape index (κ1) is 16.0. The van der Waals surface area contributed by atoms with Crippen molar-refractivity contribution < 1.29 is 14.9 Å². The molecule has 2 aromatic rings. The number of hydrogen-bond acceptors (Lipinski definition) is 6. The summed E-state index contributed by atoms with van der Waals surface area (Å²) >= 11 is 0.